The zero-order valence-electron chi connectivity index (χ0n) is 20.8. The molecular weight excluding hydrogens is 486 g/mol. The highest BCUT2D eigenvalue weighted by atomic mass is 16.2. The van der Waals surface area contributed by atoms with Crippen molar-refractivity contribution in [2.45, 2.75) is 69.5 Å². The molecule has 0 spiro atoms. The molecule has 1 saturated carbocycles. The highest BCUT2D eigenvalue weighted by molar-refractivity contribution is 6.00. The van der Waals surface area contributed by atoms with Gasteiger partial charge in [-0.15, -0.1) is 10.2 Å². The molecule has 4 aromatic heterocycles. The lowest BCUT2D eigenvalue weighted by molar-refractivity contribution is 0.0556. The first-order valence-corrected chi connectivity index (χ1v) is 12.9. The number of hydrogen-bond donors (Lipinski definition) is 3. The maximum Gasteiger partial charge on any atom is 0.292 e. The van der Waals surface area contributed by atoms with Gasteiger partial charge in [-0.05, 0) is 45.4 Å². The third kappa shape index (κ3) is 3.68. The third-order valence-corrected chi connectivity index (χ3v) is 7.91. The van der Waals surface area contributed by atoms with E-state index in [1.54, 1.807) is 18.6 Å². The molecule has 38 heavy (non-hydrogen) atoms. The van der Waals surface area contributed by atoms with Crippen LogP contribution in [-0.2, 0) is 0 Å². The van der Waals surface area contributed by atoms with Crippen LogP contribution < -0.4 is 11.1 Å². The predicted octanol–water partition coefficient (Wildman–Crippen LogP) is 2.21. The normalized spacial score (nSPS) is 22.7. The van der Waals surface area contributed by atoms with E-state index >= 15 is 0 Å². The summed E-state index contributed by atoms with van der Waals surface area (Å²) in [4.78, 5) is 44.6. The number of rotatable bonds is 6. The highest BCUT2D eigenvalue weighted by Gasteiger charge is 2.45. The Morgan fingerprint density at radius 1 is 1.08 bits per heavy atom. The number of nitrogens with two attached hydrogens (primary N) is 1. The first kappa shape index (κ1) is 22.8. The Bertz CT molecular complexity index is 1530. The smallest absolute Gasteiger partial charge is 0.292 e. The van der Waals surface area contributed by atoms with Crippen molar-refractivity contribution >= 4 is 29.1 Å². The fourth-order valence-corrected chi connectivity index (χ4v) is 6.01. The van der Waals surface area contributed by atoms with Crippen LogP contribution in [0, 0.1) is 0 Å². The monoisotopic (exact) mass is 513 g/mol. The number of carbonyl (C=O) groups is 2. The molecule has 2 aliphatic heterocycles. The van der Waals surface area contributed by atoms with E-state index in [0.29, 0.717) is 41.7 Å². The second-order valence-corrected chi connectivity index (χ2v) is 10.4. The Kier molecular flexibility index (Phi) is 5.13. The Morgan fingerprint density at radius 3 is 2.45 bits per heavy atom. The third-order valence-electron chi connectivity index (χ3n) is 7.91. The molecule has 7 rings (SSSR count). The van der Waals surface area contributed by atoms with E-state index in [4.69, 9.17) is 10.7 Å². The minimum atomic E-state index is -0.157. The Labute approximate surface area is 217 Å². The van der Waals surface area contributed by atoms with E-state index in [2.05, 4.69) is 35.6 Å². The van der Waals surface area contributed by atoms with E-state index in [1.807, 2.05) is 4.90 Å². The van der Waals surface area contributed by atoms with Crippen molar-refractivity contribution in [1.29, 1.82) is 0 Å². The Balaban J connectivity index is 1.25. The van der Waals surface area contributed by atoms with Gasteiger partial charge in [0, 0.05) is 47.6 Å². The number of ketones is 1. The summed E-state index contributed by atoms with van der Waals surface area (Å²) in [5.41, 5.74) is 9.67. The van der Waals surface area contributed by atoms with Crippen LogP contribution in [0.2, 0.25) is 0 Å². The standard InChI is InChI=1S/C25H27N11O2/c1-12(37)19-20(13-6-16-4-5-17(7-13)35(16)24(38)22-29-11-30-34-22)33-23-18(10-31-36(23)21(19)26)14-8-27-25(28-9-14)32-15-2-3-15/h8-11,13,15-17H,2-7,26H2,1H3,(H,27,28,32)(H,29,30,34)/t13-,16+,17-. The summed E-state index contributed by atoms with van der Waals surface area (Å²) in [5.74, 6) is 0.793. The van der Waals surface area contributed by atoms with Gasteiger partial charge in [-0.25, -0.2) is 15.0 Å². The fourth-order valence-electron chi connectivity index (χ4n) is 6.01. The van der Waals surface area contributed by atoms with Gasteiger partial charge in [-0.1, -0.05) is 0 Å². The molecule has 2 bridgehead atoms. The lowest BCUT2D eigenvalue weighted by atomic mass is 9.85. The molecule has 0 aromatic carbocycles. The number of aromatic nitrogens is 8. The second kappa shape index (κ2) is 8.57. The summed E-state index contributed by atoms with van der Waals surface area (Å²) in [5, 5.41) is 15.4. The summed E-state index contributed by atoms with van der Waals surface area (Å²) in [6.45, 7) is 1.50. The first-order chi connectivity index (χ1) is 18.5. The largest absolute Gasteiger partial charge is 0.383 e. The average Bonchev–Trinajstić information content (AvgIpc) is 3.27. The Hall–Kier alpha value is -4.42. The Morgan fingerprint density at radius 2 is 1.82 bits per heavy atom. The fraction of sp³-hybridized carbons (Fsp3) is 0.440. The quantitative estimate of drug-likeness (QED) is 0.324. The van der Waals surface area contributed by atoms with Gasteiger partial charge in [0.15, 0.2) is 11.4 Å². The molecule has 2 saturated heterocycles. The molecule has 3 fully saturated rings. The van der Waals surface area contributed by atoms with Crippen LogP contribution in [0.4, 0.5) is 11.8 Å². The number of nitrogens with zero attached hydrogens (tertiary/aromatic N) is 8. The molecule has 0 radical (unpaired) electrons. The maximum absolute atomic E-state index is 13.1. The first-order valence-electron chi connectivity index (χ1n) is 12.9. The number of anilines is 2. The van der Waals surface area contributed by atoms with Gasteiger partial charge >= 0.3 is 0 Å². The zero-order valence-corrected chi connectivity index (χ0v) is 20.8. The minimum absolute atomic E-state index is 0.0263. The predicted molar refractivity (Wildman–Crippen MR) is 136 cm³/mol. The highest BCUT2D eigenvalue weighted by Crippen LogP contribution is 2.45. The van der Waals surface area contributed by atoms with Gasteiger partial charge in [0.25, 0.3) is 5.91 Å². The number of Topliss-reactive ketones (excluding diaryl/α,β-unsaturated/α-hetero) is 1. The van der Waals surface area contributed by atoms with Crippen LogP contribution >= 0.6 is 0 Å². The topological polar surface area (TPSA) is 173 Å². The van der Waals surface area contributed by atoms with E-state index in [-0.39, 0.29) is 41.3 Å². The van der Waals surface area contributed by atoms with Gasteiger partial charge in [0.1, 0.15) is 12.1 Å². The molecule has 3 aliphatic rings. The zero-order chi connectivity index (χ0) is 26.0. The molecule has 1 aliphatic carbocycles. The molecule has 194 valence electrons. The number of carbonyl (C=O) groups excluding carboxylic acids is 2. The van der Waals surface area contributed by atoms with Crippen molar-refractivity contribution < 1.29 is 9.59 Å². The summed E-state index contributed by atoms with van der Waals surface area (Å²) in [6, 6.07) is 0.513. The summed E-state index contributed by atoms with van der Waals surface area (Å²) in [7, 11) is 0. The van der Waals surface area contributed by atoms with Gasteiger partial charge in [0.2, 0.25) is 11.8 Å². The summed E-state index contributed by atoms with van der Waals surface area (Å²) < 4.78 is 1.52. The van der Waals surface area contributed by atoms with Gasteiger partial charge in [-0.3, -0.25) is 9.59 Å². The number of amides is 1. The lowest BCUT2D eigenvalue weighted by Crippen LogP contribution is -2.46. The maximum atomic E-state index is 13.1. The second-order valence-electron chi connectivity index (χ2n) is 10.4. The van der Waals surface area contributed by atoms with Crippen LogP contribution in [0.5, 0.6) is 0 Å². The van der Waals surface area contributed by atoms with Crippen LogP contribution in [0.15, 0.2) is 24.9 Å². The van der Waals surface area contributed by atoms with Crippen LogP contribution in [0.3, 0.4) is 0 Å². The van der Waals surface area contributed by atoms with Crippen molar-refractivity contribution in [2.24, 2.45) is 0 Å². The number of nitrogens with one attached hydrogen (secondary N) is 2. The lowest BCUT2D eigenvalue weighted by Gasteiger charge is -2.38. The number of nitrogen functional groups attached to an aromatic ring is 1. The molecule has 6 heterocycles. The van der Waals surface area contributed by atoms with E-state index < -0.39 is 0 Å². The molecule has 4 N–H and O–H groups in total. The van der Waals surface area contributed by atoms with Crippen molar-refractivity contribution in [1.82, 2.24) is 44.6 Å². The molecule has 0 unspecified atom stereocenters. The molecule has 13 nitrogen and oxygen atoms in total. The minimum Gasteiger partial charge on any atom is -0.383 e. The van der Waals surface area contributed by atoms with Crippen molar-refractivity contribution in [3.05, 3.63) is 42.0 Å². The van der Waals surface area contributed by atoms with E-state index in [0.717, 1.165) is 36.8 Å². The average molecular weight is 514 g/mol. The van der Waals surface area contributed by atoms with E-state index in [9.17, 15) is 9.59 Å². The number of hydrogen-bond acceptors (Lipinski definition) is 10. The van der Waals surface area contributed by atoms with Crippen molar-refractivity contribution in [3.63, 3.8) is 0 Å². The molecule has 13 heteroatoms. The van der Waals surface area contributed by atoms with Crippen LogP contribution in [0.25, 0.3) is 16.8 Å². The van der Waals surface area contributed by atoms with Crippen molar-refractivity contribution in [3.8, 4) is 11.1 Å². The number of piperidine rings is 1. The summed E-state index contributed by atoms with van der Waals surface area (Å²) >= 11 is 0. The van der Waals surface area contributed by atoms with Crippen molar-refractivity contribution in [2.75, 3.05) is 11.1 Å². The number of H-pyrrole nitrogens is 1. The molecular formula is C25H27N11O2. The molecule has 3 atom stereocenters. The van der Waals surface area contributed by atoms with Gasteiger partial charge in [-0.2, -0.15) is 9.61 Å². The van der Waals surface area contributed by atoms with E-state index in [1.165, 1.54) is 17.8 Å². The number of aromatic amines is 1. The van der Waals surface area contributed by atoms with Gasteiger partial charge in [0.05, 0.1) is 17.5 Å². The van der Waals surface area contributed by atoms with Crippen LogP contribution in [-0.4, -0.2) is 74.5 Å². The molecule has 4 aromatic rings. The number of fused-ring (bicyclic) bond motifs is 3. The molecule has 1 amide bonds. The SMILES string of the molecule is CC(=O)c1c([C@H]2C[C@H]3CC[C@@H](C2)N3C(=O)c2nnc[nH]2)nc2c(-c3cnc(NC4CC4)nc3)cnn2c1N. The summed E-state index contributed by atoms with van der Waals surface area (Å²) in [6.07, 6.45) is 12.0. The van der Waals surface area contributed by atoms with Gasteiger partial charge < -0.3 is 20.9 Å². The van der Waals surface area contributed by atoms with Crippen LogP contribution in [0.1, 0.15) is 78.0 Å².